The van der Waals surface area contributed by atoms with Crippen molar-refractivity contribution >= 4 is 5.91 Å². The lowest BCUT2D eigenvalue weighted by Gasteiger charge is -2.30. The van der Waals surface area contributed by atoms with Gasteiger partial charge in [0.25, 0.3) is 0 Å². The number of para-hydroxylation sites is 1. The predicted molar refractivity (Wildman–Crippen MR) is 117 cm³/mol. The van der Waals surface area contributed by atoms with Crippen LogP contribution < -0.4 is 10.5 Å². The van der Waals surface area contributed by atoms with Crippen LogP contribution in [0.3, 0.4) is 0 Å². The van der Waals surface area contributed by atoms with Crippen molar-refractivity contribution in [1.82, 2.24) is 19.7 Å². The summed E-state index contributed by atoms with van der Waals surface area (Å²) < 4.78 is 74.4. The van der Waals surface area contributed by atoms with Gasteiger partial charge in [-0.2, -0.15) is 13.2 Å². The van der Waals surface area contributed by atoms with Crippen LogP contribution in [0.1, 0.15) is 47.6 Å². The molecule has 0 saturated carbocycles. The first-order valence-corrected chi connectivity index (χ1v) is 11.3. The second kappa shape index (κ2) is 9.16. The molecule has 0 radical (unpaired) electrons. The summed E-state index contributed by atoms with van der Waals surface area (Å²) in [6.45, 7) is -0.183. The van der Waals surface area contributed by atoms with Crippen LogP contribution in [0.15, 0.2) is 42.5 Å². The van der Waals surface area contributed by atoms with E-state index in [9.17, 15) is 26.7 Å². The molecular weight excluding hydrogens is 485 g/mol. The number of hydrogen-bond donors (Lipinski definition) is 1. The Bertz CT molecular complexity index is 1280. The summed E-state index contributed by atoms with van der Waals surface area (Å²) in [7, 11) is 0. The Labute approximate surface area is 202 Å². The highest BCUT2D eigenvalue weighted by Gasteiger charge is 2.41. The van der Waals surface area contributed by atoms with Crippen LogP contribution in [0.25, 0.3) is 0 Å². The van der Waals surface area contributed by atoms with Gasteiger partial charge in [0, 0.05) is 31.5 Å². The quantitative estimate of drug-likeness (QED) is 0.529. The van der Waals surface area contributed by atoms with Crippen molar-refractivity contribution < 1.29 is 31.5 Å². The Morgan fingerprint density at radius 2 is 1.78 bits per heavy atom. The van der Waals surface area contributed by atoms with Gasteiger partial charge in [0.1, 0.15) is 11.9 Å². The molecule has 1 aliphatic heterocycles. The van der Waals surface area contributed by atoms with Crippen molar-refractivity contribution in [2.24, 2.45) is 5.73 Å². The molecule has 190 valence electrons. The summed E-state index contributed by atoms with van der Waals surface area (Å²) >= 11 is 0. The van der Waals surface area contributed by atoms with E-state index >= 15 is 0 Å². The molecule has 2 heterocycles. The van der Waals surface area contributed by atoms with Crippen LogP contribution in [0.4, 0.5) is 22.0 Å². The van der Waals surface area contributed by atoms with Crippen LogP contribution in [-0.2, 0) is 24.1 Å². The van der Waals surface area contributed by atoms with Crippen LogP contribution in [-0.4, -0.2) is 38.2 Å². The number of nitrogens with two attached hydrogens (primary N) is 1. The van der Waals surface area contributed by atoms with Gasteiger partial charge >= 0.3 is 6.18 Å². The molecule has 0 spiro atoms. The maximum absolute atomic E-state index is 14.1. The second-order valence-electron chi connectivity index (χ2n) is 8.93. The summed E-state index contributed by atoms with van der Waals surface area (Å²) in [5, 5.41) is 6.80. The molecular formula is C24H22F5N5O2. The van der Waals surface area contributed by atoms with E-state index in [2.05, 4.69) is 10.2 Å². The maximum Gasteiger partial charge on any atom is 0.451 e. The summed E-state index contributed by atoms with van der Waals surface area (Å²) in [5.74, 6) is -3.39. The molecule has 12 heteroatoms. The van der Waals surface area contributed by atoms with Gasteiger partial charge in [-0.25, -0.2) is 8.78 Å². The third kappa shape index (κ3) is 4.52. The van der Waals surface area contributed by atoms with Crippen molar-refractivity contribution in [3.63, 3.8) is 0 Å². The molecule has 1 aromatic heterocycles. The van der Waals surface area contributed by atoms with Crippen molar-refractivity contribution in [3.8, 4) is 5.75 Å². The van der Waals surface area contributed by atoms with Gasteiger partial charge in [0.05, 0.1) is 6.54 Å². The van der Waals surface area contributed by atoms with E-state index in [1.165, 1.54) is 4.90 Å². The van der Waals surface area contributed by atoms with Gasteiger partial charge in [-0.3, -0.25) is 4.79 Å². The normalized spacial score (nSPS) is 20.1. The topological polar surface area (TPSA) is 86.3 Å². The molecule has 0 bridgehead atoms. The molecule has 1 amide bonds. The number of halogens is 5. The lowest BCUT2D eigenvalue weighted by molar-refractivity contribution is -0.148. The smallest absolute Gasteiger partial charge is 0.451 e. The molecule has 0 saturated heterocycles. The summed E-state index contributed by atoms with van der Waals surface area (Å²) in [4.78, 5) is 14.4. The second-order valence-corrected chi connectivity index (χ2v) is 8.93. The number of aromatic nitrogens is 3. The Morgan fingerprint density at radius 1 is 1.08 bits per heavy atom. The van der Waals surface area contributed by atoms with Gasteiger partial charge < -0.3 is 19.9 Å². The van der Waals surface area contributed by atoms with E-state index in [1.807, 2.05) is 6.07 Å². The number of rotatable bonds is 5. The van der Waals surface area contributed by atoms with Crippen molar-refractivity contribution in [3.05, 3.63) is 76.9 Å². The zero-order chi connectivity index (χ0) is 25.6. The predicted octanol–water partition coefficient (Wildman–Crippen LogP) is 3.94. The number of carbonyl (C=O) groups excluding carboxylic acids is 1. The van der Waals surface area contributed by atoms with E-state index in [1.54, 1.807) is 24.3 Å². The number of carbonyl (C=O) groups is 1. The fourth-order valence-electron chi connectivity index (χ4n) is 4.90. The molecule has 1 aliphatic carbocycles. The first kappa shape index (κ1) is 24.2. The van der Waals surface area contributed by atoms with E-state index in [-0.39, 0.29) is 37.8 Å². The van der Waals surface area contributed by atoms with Gasteiger partial charge in [-0.1, -0.05) is 18.2 Å². The molecule has 2 aliphatic rings. The minimum Gasteiger partial charge on any atom is -0.486 e. The van der Waals surface area contributed by atoms with E-state index < -0.39 is 41.7 Å². The Morgan fingerprint density at radius 3 is 2.47 bits per heavy atom. The van der Waals surface area contributed by atoms with Crippen molar-refractivity contribution in [1.29, 1.82) is 0 Å². The Hall–Kier alpha value is -3.54. The van der Waals surface area contributed by atoms with Crippen LogP contribution in [0.2, 0.25) is 0 Å². The summed E-state index contributed by atoms with van der Waals surface area (Å²) in [5.41, 5.74) is 7.34. The van der Waals surface area contributed by atoms with Gasteiger partial charge in [0.15, 0.2) is 17.5 Å². The van der Waals surface area contributed by atoms with Crippen molar-refractivity contribution in [2.45, 2.75) is 50.2 Å². The van der Waals surface area contributed by atoms with E-state index in [0.717, 1.165) is 16.7 Å². The standard InChI is InChI=1S/C24H22F5N5O2/c25-17-8-14-15(10-20(16(14)9-18(17)26)36-13-4-2-1-3-5-13)19(30)11-22(35)33-6-7-34-21(12-33)31-32-23(34)24(27,28)29/h1-5,8-9,15,19-20H,6-7,10-12,30H2. The number of nitrogens with zero attached hydrogens (tertiary/aromatic N) is 4. The van der Waals surface area contributed by atoms with Gasteiger partial charge in [0.2, 0.25) is 11.7 Å². The molecule has 5 rings (SSSR count). The number of amides is 1. The van der Waals surface area contributed by atoms with Crippen LogP contribution >= 0.6 is 0 Å². The molecule has 3 aromatic rings. The first-order chi connectivity index (χ1) is 17.1. The highest BCUT2D eigenvalue weighted by molar-refractivity contribution is 5.77. The van der Waals surface area contributed by atoms with Gasteiger partial charge in [-0.15, -0.1) is 10.2 Å². The Balaban J connectivity index is 1.31. The minimum atomic E-state index is -4.64. The molecule has 36 heavy (non-hydrogen) atoms. The average molecular weight is 507 g/mol. The number of hydrogen-bond acceptors (Lipinski definition) is 5. The first-order valence-electron chi connectivity index (χ1n) is 11.3. The lowest BCUT2D eigenvalue weighted by Crippen LogP contribution is -2.42. The van der Waals surface area contributed by atoms with Crippen molar-refractivity contribution in [2.75, 3.05) is 6.54 Å². The lowest BCUT2D eigenvalue weighted by atomic mass is 9.91. The maximum atomic E-state index is 14.1. The number of fused-ring (bicyclic) bond motifs is 2. The third-order valence-corrected chi connectivity index (χ3v) is 6.65. The number of ether oxygens (including phenoxy) is 1. The SMILES string of the molecule is NC(CC(=O)N1CCn2c(nnc2C(F)(F)F)C1)C1CC(Oc2ccccc2)c2cc(F)c(F)cc21. The monoisotopic (exact) mass is 507 g/mol. The molecule has 2 N–H and O–H groups in total. The number of benzene rings is 2. The van der Waals surface area contributed by atoms with Crippen LogP contribution in [0.5, 0.6) is 5.75 Å². The van der Waals surface area contributed by atoms with E-state index in [4.69, 9.17) is 10.5 Å². The third-order valence-electron chi connectivity index (χ3n) is 6.65. The average Bonchev–Trinajstić information content (AvgIpc) is 3.41. The zero-order valence-electron chi connectivity index (χ0n) is 18.9. The largest absolute Gasteiger partial charge is 0.486 e. The highest BCUT2D eigenvalue weighted by Crippen LogP contribution is 2.45. The fraction of sp³-hybridized carbons (Fsp3) is 0.375. The van der Waals surface area contributed by atoms with Gasteiger partial charge in [-0.05, 0) is 41.8 Å². The van der Waals surface area contributed by atoms with E-state index in [0.29, 0.717) is 23.3 Å². The van der Waals surface area contributed by atoms with Crippen LogP contribution in [0, 0.1) is 11.6 Å². The Kier molecular flexibility index (Phi) is 6.15. The zero-order valence-corrected chi connectivity index (χ0v) is 18.9. The highest BCUT2D eigenvalue weighted by atomic mass is 19.4. The molecule has 0 fully saturated rings. The molecule has 7 nitrogen and oxygen atoms in total. The summed E-state index contributed by atoms with van der Waals surface area (Å²) in [6.07, 6.45) is -5.05. The molecule has 3 unspecified atom stereocenters. The molecule has 3 atom stereocenters. The summed E-state index contributed by atoms with van der Waals surface area (Å²) in [6, 6.07) is 10.3. The minimum absolute atomic E-state index is 0.0376. The molecule has 2 aromatic carbocycles. The fourth-order valence-corrected chi connectivity index (χ4v) is 4.90. The number of alkyl halides is 3.